The first kappa shape index (κ1) is 17.0. The Hall–Kier alpha value is -2.43. The number of hydrogen-bond donors (Lipinski definition) is 0. The third kappa shape index (κ3) is 3.87. The summed E-state index contributed by atoms with van der Waals surface area (Å²) in [5, 5.41) is 5.49. The third-order valence-corrected chi connectivity index (χ3v) is 4.70. The van der Waals surface area contributed by atoms with E-state index >= 15 is 0 Å². The lowest BCUT2D eigenvalue weighted by molar-refractivity contribution is 0.118. The summed E-state index contributed by atoms with van der Waals surface area (Å²) in [7, 11) is 0. The van der Waals surface area contributed by atoms with Crippen LogP contribution in [0, 0.1) is 0 Å². The monoisotopic (exact) mass is 365 g/mol. The Morgan fingerprint density at radius 3 is 2.69 bits per heavy atom. The average molecular weight is 366 g/mol. The van der Waals surface area contributed by atoms with Crippen LogP contribution in [0.3, 0.4) is 0 Å². The van der Waals surface area contributed by atoms with Gasteiger partial charge in [-0.15, -0.1) is 0 Å². The summed E-state index contributed by atoms with van der Waals surface area (Å²) < 4.78 is 7.53. The number of halogens is 1. The van der Waals surface area contributed by atoms with Crippen molar-refractivity contribution in [3.8, 4) is 16.9 Å². The van der Waals surface area contributed by atoms with Gasteiger partial charge in [-0.3, -0.25) is 4.99 Å². The normalized spacial score (nSPS) is 17.2. The maximum Gasteiger partial charge on any atom is 0.101 e. The van der Waals surface area contributed by atoms with Crippen LogP contribution in [0.25, 0.3) is 16.9 Å². The fraction of sp³-hybridized carbons (Fsp3) is 0.238. The van der Waals surface area contributed by atoms with Crippen LogP contribution >= 0.6 is 11.6 Å². The van der Waals surface area contributed by atoms with Crippen molar-refractivity contribution in [1.82, 2.24) is 9.78 Å². The van der Waals surface area contributed by atoms with Crippen molar-refractivity contribution in [2.45, 2.75) is 18.9 Å². The molecule has 1 aliphatic rings. The van der Waals surface area contributed by atoms with Crippen molar-refractivity contribution in [3.63, 3.8) is 0 Å². The minimum atomic E-state index is 0.245. The van der Waals surface area contributed by atoms with Gasteiger partial charge in [0.1, 0.15) is 5.69 Å². The van der Waals surface area contributed by atoms with Gasteiger partial charge in [0.05, 0.1) is 18.3 Å². The van der Waals surface area contributed by atoms with E-state index in [1.807, 2.05) is 71.7 Å². The lowest BCUT2D eigenvalue weighted by Gasteiger charge is -2.04. The molecule has 4 nitrogen and oxygen atoms in total. The molecule has 1 aliphatic heterocycles. The molecule has 4 rings (SSSR count). The van der Waals surface area contributed by atoms with Gasteiger partial charge in [-0.2, -0.15) is 5.10 Å². The molecule has 1 aromatic heterocycles. The van der Waals surface area contributed by atoms with Gasteiger partial charge in [0.25, 0.3) is 0 Å². The Morgan fingerprint density at radius 2 is 1.96 bits per heavy atom. The first-order valence-electron chi connectivity index (χ1n) is 8.82. The molecule has 0 amide bonds. The highest BCUT2D eigenvalue weighted by atomic mass is 35.5. The summed E-state index contributed by atoms with van der Waals surface area (Å²) >= 11 is 6.03. The topological polar surface area (TPSA) is 39.4 Å². The standard InChI is InChI=1S/C21H20ClN3O/c22-18-10-8-16(9-11-18)21-17(13-23-14-20-7-4-12-26-20)15-25(24-21)19-5-2-1-3-6-19/h1-3,5-6,8-11,13,15,20H,4,7,12,14H2/b23-13-. The molecule has 3 aromatic rings. The van der Waals surface area contributed by atoms with Crippen molar-refractivity contribution < 1.29 is 4.74 Å². The highest BCUT2D eigenvalue weighted by Crippen LogP contribution is 2.24. The molecule has 1 atom stereocenters. The number of rotatable bonds is 5. The molecule has 5 heteroatoms. The number of hydrogen-bond acceptors (Lipinski definition) is 3. The summed E-state index contributed by atoms with van der Waals surface area (Å²) in [6, 6.07) is 17.8. The highest BCUT2D eigenvalue weighted by molar-refractivity contribution is 6.30. The Bertz CT molecular complexity index is 881. The van der Waals surface area contributed by atoms with Crippen molar-refractivity contribution >= 4 is 17.8 Å². The van der Waals surface area contributed by atoms with Crippen molar-refractivity contribution in [1.29, 1.82) is 0 Å². The Morgan fingerprint density at radius 1 is 1.15 bits per heavy atom. The van der Waals surface area contributed by atoms with E-state index in [0.29, 0.717) is 11.6 Å². The first-order valence-corrected chi connectivity index (χ1v) is 9.20. The Balaban J connectivity index is 1.66. The minimum absolute atomic E-state index is 0.245. The predicted octanol–water partition coefficient (Wildman–Crippen LogP) is 4.79. The molecular formula is C21H20ClN3O. The van der Waals surface area contributed by atoms with Gasteiger partial charge >= 0.3 is 0 Å². The average Bonchev–Trinajstić information content (AvgIpc) is 3.33. The molecule has 1 fully saturated rings. The molecule has 2 aromatic carbocycles. The van der Waals surface area contributed by atoms with Crippen molar-refractivity contribution in [2.24, 2.45) is 4.99 Å². The maximum absolute atomic E-state index is 6.03. The molecule has 0 spiro atoms. The Kier molecular flexibility index (Phi) is 5.14. The van der Waals surface area contributed by atoms with Gasteiger partial charge in [-0.25, -0.2) is 4.68 Å². The molecule has 132 valence electrons. The zero-order valence-corrected chi connectivity index (χ0v) is 15.1. The zero-order valence-electron chi connectivity index (χ0n) is 14.4. The SMILES string of the molecule is Clc1ccc(-c2nn(-c3ccccc3)cc2/C=N\CC2CCCO2)cc1. The molecule has 0 N–H and O–H groups in total. The molecule has 26 heavy (non-hydrogen) atoms. The summed E-state index contributed by atoms with van der Waals surface area (Å²) in [6.45, 7) is 1.54. The van der Waals surface area contributed by atoms with E-state index in [-0.39, 0.29) is 6.10 Å². The summed E-state index contributed by atoms with van der Waals surface area (Å²) in [5.41, 5.74) is 3.90. The van der Waals surface area contributed by atoms with E-state index in [9.17, 15) is 0 Å². The lowest BCUT2D eigenvalue weighted by atomic mass is 10.1. The van der Waals surface area contributed by atoms with E-state index in [0.717, 1.165) is 42.0 Å². The molecule has 0 aliphatic carbocycles. The van der Waals surface area contributed by atoms with Gasteiger partial charge in [-0.1, -0.05) is 41.9 Å². The van der Waals surface area contributed by atoms with E-state index in [1.165, 1.54) is 0 Å². The van der Waals surface area contributed by atoms with Crippen LogP contribution in [-0.2, 0) is 4.74 Å². The van der Waals surface area contributed by atoms with Crippen LogP contribution in [0.1, 0.15) is 18.4 Å². The first-order chi connectivity index (χ1) is 12.8. The lowest BCUT2D eigenvalue weighted by Crippen LogP contribution is -2.08. The van der Waals surface area contributed by atoms with E-state index < -0.39 is 0 Å². The van der Waals surface area contributed by atoms with E-state index in [2.05, 4.69) is 4.99 Å². The second-order valence-corrected chi connectivity index (χ2v) is 6.79. The van der Waals surface area contributed by atoms with Crippen LogP contribution in [-0.4, -0.2) is 35.3 Å². The zero-order chi connectivity index (χ0) is 17.8. The van der Waals surface area contributed by atoms with Gasteiger partial charge in [-0.05, 0) is 37.1 Å². The van der Waals surface area contributed by atoms with Gasteiger partial charge in [0.2, 0.25) is 0 Å². The number of aromatic nitrogens is 2. The van der Waals surface area contributed by atoms with Gasteiger partial charge in [0.15, 0.2) is 0 Å². The largest absolute Gasteiger partial charge is 0.376 e. The predicted molar refractivity (Wildman–Crippen MR) is 105 cm³/mol. The number of nitrogens with zero attached hydrogens (tertiary/aromatic N) is 3. The van der Waals surface area contributed by atoms with Crippen LogP contribution in [0.4, 0.5) is 0 Å². The van der Waals surface area contributed by atoms with Crippen LogP contribution in [0.5, 0.6) is 0 Å². The number of aliphatic imine (C=N–C) groups is 1. The number of benzene rings is 2. The van der Waals surface area contributed by atoms with Gasteiger partial charge < -0.3 is 4.74 Å². The molecule has 0 bridgehead atoms. The molecule has 2 heterocycles. The van der Waals surface area contributed by atoms with Crippen LogP contribution in [0.2, 0.25) is 5.02 Å². The summed E-state index contributed by atoms with van der Waals surface area (Å²) in [4.78, 5) is 4.60. The Labute approximate surface area is 158 Å². The molecule has 0 saturated carbocycles. The fourth-order valence-electron chi connectivity index (χ4n) is 3.08. The van der Waals surface area contributed by atoms with Crippen LogP contribution in [0.15, 0.2) is 65.8 Å². The maximum atomic E-state index is 6.03. The number of ether oxygens (including phenoxy) is 1. The quantitative estimate of drug-likeness (QED) is 0.610. The third-order valence-electron chi connectivity index (χ3n) is 4.44. The van der Waals surface area contributed by atoms with Crippen LogP contribution < -0.4 is 0 Å². The van der Waals surface area contributed by atoms with Gasteiger partial charge in [0, 0.05) is 35.2 Å². The molecule has 0 radical (unpaired) electrons. The minimum Gasteiger partial charge on any atom is -0.376 e. The molecule has 1 saturated heterocycles. The highest BCUT2D eigenvalue weighted by Gasteiger charge is 2.15. The smallest absolute Gasteiger partial charge is 0.101 e. The van der Waals surface area contributed by atoms with Crippen molar-refractivity contribution in [3.05, 3.63) is 71.4 Å². The van der Waals surface area contributed by atoms with Crippen molar-refractivity contribution in [2.75, 3.05) is 13.2 Å². The van der Waals surface area contributed by atoms with E-state index in [4.69, 9.17) is 21.4 Å². The summed E-state index contributed by atoms with van der Waals surface area (Å²) in [5.74, 6) is 0. The second kappa shape index (κ2) is 7.85. The molecule has 1 unspecified atom stereocenters. The number of para-hydroxylation sites is 1. The van der Waals surface area contributed by atoms with E-state index in [1.54, 1.807) is 0 Å². The summed E-state index contributed by atoms with van der Waals surface area (Å²) in [6.07, 6.45) is 6.37. The molecular weight excluding hydrogens is 346 g/mol. The second-order valence-electron chi connectivity index (χ2n) is 6.35. The fourth-order valence-corrected chi connectivity index (χ4v) is 3.21.